The number of carbonyl (C=O) groups excluding carboxylic acids is 2. The number of ether oxygens (including phenoxy) is 1. The summed E-state index contributed by atoms with van der Waals surface area (Å²) < 4.78 is 38.0. The summed E-state index contributed by atoms with van der Waals surface area (Å²) in [6, 6.07) is -1.20. The summed E-state index contributed by atoms with van der Waals surface area (Å²) in [6.45, 7) is 3.98. The standard InChI is InChI=1S/C6H8F3NO3.C5H11N/c1-2-3(10)4(11)13-5(12)6(7,8)9;1-2-4-6-5-3-1/h3H,2,10H2,1H3;6H,1-5H2/t3-;/m0./s1. The Morgan fingerprint density at radius 1 is 1.26 bits per heavy atom. The first-order valence-corrected chi connectivity index (χ1v) is 6.08. The maximum atomic E-state index is 11.5. The molecule has 0 aromatic heterocycles. The molecule has 0 aromatic rings. The molecule has 0 aliphatic carbocycles. The van der Waals surface area contributed by atoms with Crippen LogP contribution in [-0.2, 0) is 14.3 Å². The molecule has 5 nitrogen and oxygen atoms in total. The molecule has 112 valence electrons. The summed E-state index contributed by atoms with van der Waals surface area (Å²) in [5.41, 5.74) is 5.01. The van der Waals surface area contributed by atoms with Crippen molar-refractivity contribution in [3.05, 3.63) is 0 Å². The number of rotatable bonds is 2. The molecule has 1 fully saturated rings. The Balaban J connectivity index is 0.000000443. The van der Waals surface area contributed by atoms with Crippen LogP contribution in [0.3, 0.4) is 0 Å². The van der Waals surface area contributed by atoms with E-state index >= 15 is 0 Å². The molecule has 0 radical (unpaired) electrons. The normalized spacial score (nSPS) is 16.9. The van der Waals surface area contributed by atoms with Crippen molar-refractivity contribution in [1.82, 2.24) is 5.32 Å². The summed E-state index contributed by atoms with van der Waals surface area (Å²) in [7, 11) is 0. The zero-order chi connectivity index (χ0) is 14.9. The van der Waals surface area contributed by atoms with Crippen LogP contribution in [0.5, 0.6) is 0 Å². The number of hydrogen-bond donors (Lipinski definition) is 2. The monoisotopic (exact) mass is 284 g/mol. The van der Waals surface area contributed by atoms with Gasteiger partial charge in [0.15, 0.2) is 0 Å². The Labute approximate surface area is 109 Å². The van der Waals surface area contributed by atoms with Gasteiger partial charge in [0, 0.05) is 0 Å². The van der Waals surface area contributed by atoms with E-state index in [9.17, 15) is 22.8 Å². The molecule has 1 saturated heterocycles. The van der Waals surface area contributed by atoms with E-state index in [-0.39, 0.29) is 6.42 Å². The number of halogens is 3. The highest BCUT2D eigenvalue weighted by atomic mass is 19.4. The molecule has 0 unspecified atom stereocenters. The molecule has 0 bridgehead atoms. The van der Waals surface area contributed by atoms with Crippen molar-refractivity contribution in [1.29, 1.82) is 0 Å². The third-order valence-electron chi connectivity index (χ3n) is 2.37. The van der Waals surface area contributed by atoms with Crippen LogP contribution in [0.25, 0.3) is 0 Å². The van der Waals surface area contributed by atoms with Crippen molar-refractivity contribution in [3.8, 4) is 0 Å². The van der Waals surface area contributed by atoms with Gasteiger partial charge in [-0.1, -0.05) is 13.3 Å². The number of alkyl halides is 3. The van der Waals surface area contributed by atoms with Gasteiger partial charge >= 0.3 is 18.1 Å². The van der Waals surface area contributed by atoms with Gasteiger partial charge in [-0.05, 0) is 32.4 Å². The van der Waals surface area contributed by atoms with Crippen LogP contribution in [-0.4, -0.2) is 37.2 Å². The van der Waals surface area contributed by atoms with E-state index in [1.165, 1.54) is 39.3 Å². The molecule has 0 saturated carbocycles. The van der Waals surface area contributed by atoms with Gasteiger partial charge in [-0.3, -0.25) is 0 Å². The molecule has 1 rings (SSSR count). The van der Waals surface area contributed by atoms with Crippen LogP contribution in [0.4, 0.5) is 13.2 Å². The molecule has 0 amide bonds. The number of nitrogens with two attached hydrogens (primary N) is 1. The van der Waals surface area contributed by atoms with Gasteiger partial charge in [0.1, 0.15) is 6.04 Å². The van der Waals surface area contributed by atoms with E-state index < -0.39 is 24.2 Å². The third kappa shape index (κ3) is 8.55. The summed E-state index contributed by atoms with van der Waals surface area (Å²) in [5.74, 6) is -3.91. The van der Waals surface area contributed by atoms with Crippen molar-refractivity contribution < 1.29 is 27.5 Å². The predicted molar refractivity (Wildman–Crippen MR) is 62.1 cm³/mol. The molecule has 1 aliphatic rings. The van der Waals surface area contributed by atoms with Crippen molar-refractivity contribution >= 4 is 11.9 Å². The molecule has 1 aliphatic heterocycles. The fraction of sp³-hybridized carbons (Fsp3) is 0.818. The lowest BCUT2D eigenvalue weighted by atomic mass is 10.2. The average Bonchev–Trinajstić information content (AvgIpc) is 2.39. The second kappa shape index (κ2) is 8.87. The minimum absolute atomic E-state index is 0.101. The van der Waals surface area contributed by atoms with Crippen LogP contribution in [0.15, 0.2) is 0 Å². The fourth-order valence-corrected chi connectivity index (χ4v) is 1.19. The Hall–Kier alpha value is -1.15. The second-order valence-electron chi connectivity index (χ2n) is 4.03. The van der Waals surface area contributed by atoms with Crippen molar-refractivity contribution in [3.63, 3.8) is 0 Å². The van der Waals surface area contributed by atoms with Crippen LogP contribution in [0, 0.1) is 0 Å². The smallest absolute Gasteiger partial charge is 0.385 e. The predicted octanol–water partition coefficient (Wildman–Crippen LogP) is 1.12. The zero-order valence-electron chi connectivity index (χ0n) is 10.8. The van der Waals surface area contributed by atoms with Gasteiger partial charge in [-0.2, -0.15) is 13.2 Å². The molecular weight excluding hydrogens is 265 g/mol. The van der Waals surface area contributed by atoms with E-state index in [2.05, 4.69) is 10.1 Å². The Kier molecular flexibility index (Phi) is 8.33. The molecule has 19 heavy (non-hydrogen) atoms. The number of nitrogens with one attached hydrogen (secondary N) is 1. The average molecular weight is 284 g/mol. The SMILES string of the molecule is C1CCNCC1.CC[C@H](N)C(=O)OC(=O)C(F)(F)F. The maximum absolute atomic E-state index is 11.5. The molecule has 1 heterocycles. The van der Waals surface area contributed by atoms with E-state index in [1.807, 2.05) is 0 Å². The van der Waals surface area contributed by atoms with E-state index in [1.54, 1.807) is 0 Å². The summed E-state index contributed by atoms with van der Waals surface area (Å²) in [5, 5.41) is 3.28. The molecule has 3 N–H and O–H groups in total. The fourth-order valence-electron chi connectivity index (χ4n) is 1.19. The number of hydrogen-bond acceptors (Lipinski definition) is 5. The van der Waals surface area contributed by atoms with Crippen LogP contribution in [0.2, 0.25) is 0 Å². The Bertz CT molecular complexity index is 280. The highest BCUT2D eigenvalue weighted by molar-refractivity contribution is 5.90. The van der Waals surface area contributed by atoms with E-state index in [0.717, 1.165) is 0 Å². The number of esters is 2. The lowest BCUT2D eigenvalue weighted by Crippen LogP contribution is -2.37. The van der Waals surface area contributed by atoms with Gasteiger partial charge in [0.25, 0.3) is 0 Å². The molecule has 0 spiro atoms. The third-order valence-corrected chi connectivity index (χ3v) is 2.37. The van der Waals surface area contributed by atoms with Gasteiger partial charge in [-0.15, -0.1) is 0 Å². The highest BCUT2D eigenvalue weighted by Crippen LogP contribution is 2.16. The van der Waals surface area contributed by atoms with Gasteiger partial charge in [0.05, 0.1) is 0 Å². The first kappa shape index (κ1) is 17.8. The Morgan fingerprint density at radius 3 is 2.05 bits per heavy atom. The quantitative estimate of drug-likeness (QED) is 0.586. The Morgan fingerprint density at radius 2 is 1.79 bits per heavy atom. The summed E-state index contributed by atoms with van der Waals surface area (Å²) >= 11 is 0. The van der Waals surface area contributed by atoms with Crippen molar-refractivity contribution in [2.24, 2.45) is 5.73 Å². The van der Waals surface area contributed by atoms with Crippen LogP contribution >= 0.6 is 0 Å². The van der Waals surface area contributed by atoms with Gasteiger partial charge in [-0.25, -0.2) is 9.59 Å². The maximum Gasteiger partial charge on any atom is 0.491 e. The van der Waals surface area contributed by atoms with E-state index in [4.69, 9.17) is 5.73 Å². The summed E-state index contributed by atoms with van der Waals surface area (Å²) in [6.07, 6.45) is -0.847. The molecule has 0 aromatic carbocycles. The van der Waals surface area contributed by atoms with Gasteiger partial charge < -0.3 is 15.8 Å². The summed E-state index contributed by atoms with van der Waals surface area (Å²) in [4.78, 5) is 20.6. The molecule has 1 atom stereocenters. The lowest BCUT2D eigenvalue weighted by molar-refractivity contribution is -0.202. The highest BCUT2D eigenvalue weighted by Gasteiger charge is 2.42. The second-order valence-corrected chi connectivity index (χ2v) is 4.03. The minimum atomic E-state index is -5.16. The number of carbonyl (C=O) groups is 2. The molecule has 8 heteroatoms. The van der Waals surface area contributed by atoms with Crippen LogP contribution in [0.1, 0.15) is 32.6 Å². The first-order chi connectivity index (χ1) is 8.79. The zero-order valence-corrected chi connectivity index (χ0v) is 10.8. The molecular formula is C11H19F3N2O3. The minimum Gasteiger partial charge on any atom is -0.385 e. The number of piperidine rings is 1. The van der Waals surface area contributed by atoms with E-state index in [0.29, 0.717) is 0 Å². The van der Waals surface area contributed by atoms with Crippen molar-refractivity contribution in [2.75, 3.05) is 13.1 Å². The largest absolute Gasteiger partial charge is 0.491 e. The lowest BCUT2D eigenvalue weighted by Gasteiger charge is -2.08. The first-order valence-electron chi connectivity index (χ1n) is 6.08. The van der Waals surface area contributed by atoms with Gasteiger partial charge in [0.2, 0.25) is 0 Å². The van der Waals surface area contributed by atoms with Crippen LogP contribution < -0.4 is 11.1 Å². The topological polar surface area (TPSA) is 81.4 Å². The van der Waals surface area contributed by atoms with Crippen molar-refractivity contribution in [2.45, 2.75) is 44.8 Å².